The minimum Gasteiger partial charge on any atom is -0.338 e. The van der Waals surface area contributed by atoms with Gasteiger partial charge in [-0.05, 0) is 77.8 Å². The van der Waals surface area contributed by atoms with Crippen molar-refractivity contribution < 1.29 is 37.1 Å². The number of piperidine rings is 3. The molecule has 9 nitrogen and oxygen atoms in total. The Kier molecular flexibility index (Phi) is 7.70. The van der Waals surface area contributed by atoms with Gasteiger partial charge in [0.15, 0.2) is 0 Å². The maximum atomic E-state index is 13.3. The molecule has 12 heteroatoms. The molecule has 47 heavy (non-hydrogen) atoms. The van der Waals surface area contributed by atoms with Gasteiger partial charge in [-0.2, -0.15) is 13.2 Å². The van der Waals surface area contributed by atoms with Crippen molar-refractivity contribution in [1.29, 1.82) is 0 Å². The van der Waals surface area contributed by atoms with E-state index in [9.17, 15) is 37.1 Å². The van der Waals surface area contributed by atoms with Crippen LogP contribution in [-0.2, 0) is 22.3 Å². The van der Waals surface area contributed by atoms with E-state index < -0.39 is 41.4 Å². The van der Waals surface area contributed by atoms with E-state index in [4.69, 9.17) is 0 Å². The summed E-state index contributed by atoms with van der Waals surface area (Å²) in [5.74, 6) is -2.16. The van der Waals surface area contributed by atoms with Crippen molar-refractivity contribution in [3.8, 4) is 11.1 Å². The number of fused-ring (bicyclic) bond motifs is 3. The molecule has 3 unspecified atom stereocenters. The average Bonchev–Trinajstić information content (AvgIpc) is 3.28. The summed E-state index contributed by atoms with van der Waals surface area (Å²) in [7, 11) is 0. The summed E-state index contributed by atoms with van der Waals surface area (Å²) >= 11 is 0. The molecule has 4 heterocycles. The number of nitrogens with zero attached hydrogens (tertiary/aromatic N) is 3. The van der Waals surface area contributed by atoms with E-state index in [-0.39, 0.29) is 47.3 Å². The number of nitrogens with one attached hydrogen (secondary N) is 1. The first-order valence-electron chi connectivity index (χ1n) is 15.6. The molecule has 5 amide bonds. The summed E-state index contributed by atoms with van der Waals surface area (Å²) in [6.45, 7) is 3.13. The lowest BCUT2D eigenvalue weighted by Crippen LogP contribution is -2.54. The molecule has 1 N–H and O–H groups in total. The fourth-order valence-electron chi connectivity index (χ4n) is 7.45. The van der Waals surface area contributed by atoms with Crippen LogP contribution in [0, 0.1) is 11.8 Å². The first-order valence-corrected chi connectivity index (χ1v) is 15.6. The van der Waals surface area contributed by atoms with Crippen LogP contribution in [0.1, 0.15) is 61.5 Å². The quantitative estimate of drug-likeness (QED) is 0.414. The number of rotatable bonds is 5. The highest BCUT2D eigenvalue weighted by Gasteiger charge is 2.45. The van der Waals surface area contributed by atoms with Gasteiger partial charge in [0.1, 0.15) is 6.04 Å². The minimum absolute atomic E-state index is 0.0507. The van der Waals surface area contributed by atoms with Gasteiger partial charge in [-0.25, -0.2) is 0 Å². The molecule has 3 aromatic rings. The second-order valence-corrected chi connectivity index (χ2v) is 12.9. The molecule has 3 fully saturated rings. The third kappa shape index (κ3) is 5.93. The van der Waals surface area contributed by atoms with Gasteiger partial charge in [0, 0.05) is 44.7 Å². The Bertz CT molecular complexity index is 1810. The Labute approximate surface area is 268 Å². The molecule has 4 aliphatic heterocycles. The summed E-state index contributed by atoms with van der Waals surface area (Å²) in [6.07, 6.45) is -3.41. The molecule has 0 spiro atoms. The molecule has 3 saturated heterocycles. The molecule has 4 aliphatic rings. The Morgan fingerprint density at radius 1 is 0.809 bits per heavy atom. The number of hydrogen-bond acceptors (Lipinski definition) is 6. The third-order valence-electron chi connectivity index (χ3n) is 9.49. The van der Waals surface area contributed by atoms with Crippen molar-refractivity contribution >= 4 is 29.5 Å². The lowest BCUT2D eigenvalue weighted by atomic mass is 9.84. The van der Waals surface area contributed by atoms with Crippen molar-refractivity contribution in [2.24, 2.45) is 11.8 Å². The van der Waals surface area contributed by atoms with Crippen LogP contribution >= 0.6 is 0 Å². The van der Waals surface area contributed by atoms with Crippen LogP contribution in [-0.4, -0.2) is 76.5 Å². The predicted molar refractivity (Wildman–Crippen MR) is 163 cm³/mol. The zero-order valence-corrected chi connectivity index (χ0v) is 25.3. The normalized spacial score (nSPS) is 23.2. The van der Waals surface area contributed by atoms with Crippen LogP contribution in [0.2, 0.25) is 0 Å². The van der Waals surface area contributed by atoms with Gasteiger partial charge in [0.2, 0.25) is 11.8 Å². The lowest BCUT2D eigenvalue weighted by molar-refractivity contribution is -0.138. The first kappa shape index (κ1) is 30.8. The monoisotopic (exact) mass is 644 g/mol. The van der Waals surface area contributed by atoms with E-state index in [0.717, 1.165) is 53.2 Å². The van der Waals surface area contributed by atoms with Crippen molar-refractivity contribution in [2.45, 2.75) is 38.0 Å². The van der Waals surface area contributed by atoms with Gasteiger partial charge in [0.05, 0.1) is 16.7 Å². The topological polar surface area (TPSA) is 107 Å². The van der Waals surface area contributed by atoms with Gasteiger partial charge >= 0.3 is 6.18 Å². The number of hydrogen-bond donors (Lipinski definition) is 1. The summed E-state index contributed by atoms with van der Waals surface area (Å²) in [4.78, 5) is 68.5. The molecule has 3 atom stereocenters. The highest BCUT2D eigenvalue weighted by molar-refractivity contribution is 6.23. The number of benzene rings is 3. The highest BCUT2D eigenvalue weighted by Crippen LogP contribution is 2.34. The number of alkyl halides is 3. The van der Waals surface area contributed by atoms with Crippen LogP contribution in [0.4, 0.5) is 13.2 Å². The van der Waals surface area contributed by atoms with Crippen molar-refractivity contribution in [3.05, 3.63) is 94.5 Å². The number of amides is 5. The van der Waals surface area contributed by atoms with Gasteiger partial charge in [0.25, 0.3) is 17.7 Å². The van der Waals surface area contributed by atoms with E-state index in [2.05, 4.69) is 10.2 Å². The molecule has 0 saturated carbocycles. The second-order valence-electron chi connectivity index (χ2n) is 12.9. The Hall–Kier alpha value is -4.84. The minimum atomic E-state index is -4.51. The SMILES string of the molecule is O=C1CCC(N2C(=O)c3ccc(-c4cccc(CN5CC6CC(C5)CN(C(=O)c5cccc(C(F)(F)F)c5)C6)c4)cc3C2=O)C(=O)N1. The number of carbonyl (C=O) groups is 5. The Morgan fingerprint density at radius 2 is 1.51 bits per heavy atom. The van der Waals surface area contributed by atoms with Crippen LogP contribution in [0.25, 0.3) is 11.1 Å². The van der Waals surface area contributed by atoms with E-state index in [1.54, 1.807) is 23.1 Å². The fraction of sp³-hybridized carbons (Fsp3) is 0.343. The summed E-state index contributed by atoms with van der Waals surface area (Å²) in [5.41, 5.74) is 2.32. The zero-order chi connectivity index (χ0) is 33.0. The molecule has 0 aromatic heterocycles. The van der Waals surface area contributed by atoms with Gasteiger partial charge in [-0.3, -0.25) is 39.1 Å². The van der Waals surface area contributed by atoms with E-state index in [1.807, 2.05) is 24.3 Å². The Balaban J connectivity index is 1.02. The summed E-state index contributed by atoms with van der Waals surface area (Å²) in [6, 6.07) is 16.5. The highest BCUT2D eigenvalue weighted by atomic mass is 19.4. The standard InChI is InChI=1S/C35H31F3N4O5/c36-35(37,38)26-6-2-5-25(13-26)32(45)41-18-21-11-22(19-41)17-40(16-21)15-20-3-1-4-23(12-20)24-7-8-27-28(14-24)34(47)42(33(27)46)29-9-10-30(43)39-31(29)44/h1-8,12-14,21-22,29H,9-11,15-19H2,(H,39,43,44). The molecule has 7 rings (SSSR count). The molecule has 3 aromatic carbocycles. The molecule has 0 radical (unpaired) electrons. The summed E-state index contributed by atoms with van der Waals surface area (Å²) < 4.78 is 39.6. The molecule has 2 bridgehead atoms. The lowest BCUT2D eigenvalue weighted by Gasteiger charge is -2.46. The number of imide groups is 2. The fourth-order valence-corrected chi connectivity index (χ4v) is 7.45. The number of carbonyl (C=O) groups excluding carboxylic acids is 5. The molecular weight excluding hydrogens is 613 g/mol. The zero-order valence-electron chi connectivity index (χ0n) is 25.3. The molecular formula is C35H31F3N4O5. The molecule has 0 aliphatic carbocycles. The van der Waals surface area contributed by atoms with Crippen LogP contribution in [0.15, 0.2) is 66.7 Å². The van der Waals surface area contributed by atoms with Crippen LogP contribution in [0.5, 0.6) is 0 Å². The third-order valence-corrected chi connectivity index (χ3v) is 9.49. The predicted octanol–water partition coefficient (Wildman–Crippen LogP) is 4.37. The largest absolute Gasteiger partial charge is 0.416 e. The van der Waals surface area contributed by atoms with Crippen LogP contribution in [0.3, 0.4) is 0 Å². The van der Waals surface area contributed by atoms with Crippen molar-refractivity contribution in [1.82, 2.24) is 20.0 Å². The molecule has 242 valence electrons. The van der Waals surface area contributed by atoms with E-state index in [1.165, 1.54) is 12.1 Å². The maximum Gasteiger partial charge on any atom is 0.416 e. The first-order chi connectivity index (χ1) is 22.4. The number of halogens is 3. The van der Waals surface area contributed by atoms with E-state index >= 15 is 0 Å². The van der Waals surface area contributed by atoms with E-state index in [0.29, 0.717) is 19.6 Å². The smallest absolute Gasteiger partial charge is 0.338 e. The van der Waals surface area contributed by atoms with Crippen molar-refractivity contribution in [3.63, 3.8) is 0 Å². The van der Waals surface area contributed by atoms with Crippen LogP contribution < -0.4 is 5.32 Å². The number of likely N-dealkylation sites (tertiary alicyclic amines) is 2. The van der Waals surface area contributed by atoms with Crippen molar-refractivity contribution in [2.75, 3.05) is 26.2 Å². The van der Waals surface area contributed by atoms with Gasteiger partial charge in [-0.15, -0.1) is 0 Å². The summed E-state index contributed by atoms with van der Waals surface area (Å²) in [5, 5.41) is 2.20. The van der Waals surface area contributed by atoms with Gasteiger partial charge in [-0.1, -0.05) is 30.3 Å². The maximum absolute atomic E-state index is 13.3. The Morgan fingerprint density at radius 3 is 2.23 bits per heavy atom. The second kappa shape index (κ2) is 11.8. The van der Waals surface area contributed by atoms with Gasteiger partial charge < -0.3 is 4.90 Å². The average molecular weight is 645 g/mol.